The lowest BCUT2D eigenvalue weighted by Gasteiger charge is -2.34. The fraction of sp³-hybridized carbons (Fsp3) is 0.556. The second-order valence-electron chi connectivity index (χ2n) is 6.60. The lowest BCUT2D eigenvalue weighted by Crippen LogP contribution is -2.42. The number of nitrogens with zero attached hydrogens (tertiary/aromatic N) is 1. The highest BCUT2D eigenvalue weighted by molar-refractivity contribution is 5.97. The molecule has 0 aromatic heterocycles. The Morgan fingerprint density at radius 2 is 1.78 bits per heavy atom. The lowest BCUT2D eigenvalue weighted by atomic mass is 9.93. The molecule has 0 radical (unpaired) electrons. The van der Waals surface area contributed by atoms with Gasteiger partial charge in [0.15, 0.2) is 0 Å². The molecule has 0 saturated carbocycles. The minimum atomic E-state index is -0.396. The van der Waals surface area contributed by atoms with Gasteiger partial charge in [0.25, 0.3) is 11.8 Å². The van der Waals surface area contributed by atoms with Crippen molar-refractivity contribution in [2.24, 2.45) is 5.92 Å². The molecule has 0 bridgehead atoms. The van der Waals surface area contributed by atoms with Crippen molar-refractivity contribution in [1.82, 2.24) is 10.2 Å². The summed E-state index contributed by atoms with van der Waals surface area (Å²) >= 11 is 0. The molecule has 2 amide bonds. The number of hydrogen-bond acceptors (Lipinski definition) is 3. The van der Waals surface area contributed by atoms with Crippen LogP contribution in [0.15, 0.2) is 24.3 Å². The average Bonchev–Trinajstić information content (AvgIpc) is 2.53. The van der Waals surface area contributed by atoms with Crippen molar-refractivity contribution < 1.29 is 14.7 Å². The summed E-state index contributed by atoms with van der Waals surface area (Å²) in [5.74, 6) is -0.0268. The van der Waals surface area contributed by atoms with E-state index in [2.05, 4.69) is 5.32 Å². The highest BCUT2D eigenvalue weighted by Gasteiger charge is 2.27. The summed E-state index contributed by atoms with van der Waals surface area (Å²) in [6, 6.07) is 6.84. The number of hydrogen-bond donors (Lipinski definition) is 2. The molecule has 1 aliphatic rings. The number of piperidine rings is 1. The van der Waals surface area contributed by atoms with Gasteiger partial charge in [0, 0.05) is 36.2 Å². The van der Waals surface area contributed by atoms with Crippen molar-refractivity contribution in [3.05, 3.63) is 35.4 Å². The van der Waals surface area contributed by atoms with Gasteiger partial charge in [0.2, 0.25) is 0 Å². The number of amides is 2. The van der Waals surface area contributed by atoms with Gasteiger partial charge in [-0.15, -0.1) is 0 Å². The van der Waals surface area contributed by atoms with Crippen molar-refractivity contribution >= 4 is 11.8 Å². The molecule has 0 aliphatic carbocycles. The summed E-state index contributed by atoms with van der Waals surface area (Å²) < 4.78 is 0. The van der Waals surface area contributed by atoms with Crippen LogP contribution in [-0.2, 0) is 0 Å². The fourth-order valence-electron chi connectivity index (χ4n) is 2.88. The summed E-state index contributed by atoms with van der Waals surface area (Å²) in [4.78, 5) is 26.3. The molecule has 1 heterocycles. The van der Waals surface area contributed by atoms with Gasteiger partial charge in [-0.1, -0.05) is 0 Å². The SMILES string of the molecule is CC(C)NC(=O)c1ccc(C(=O)N2CCCC(C(C)O)C2)cc1. The van der Waals surface area contributed by atoms with Crippen LogP contribution in [0, 0.1) is 5.92 Å². The zero-order chi connectivity index (χ0) is 17.0. The number of rotatable bonds is 4. The van der Waals surface area contributed by atoms with E-state index >= 15 is 0 Å². The Kier molecular flexibility index (Phi) is 5.77. The zero-order valence-electron chi connectivity index (χ0n) is 14.1. The van der Waals surface area contributed by atoms with E-state index in [4.69, 9.17) is 0 Å². The highest BCUT2D eigenvalue weighted by atomic mass is 16.3. The van der Waals surface area contributed by atoms with E-state index in [1.54, 1.807) is 36.1 Å². The topological polar surface area (TPSA) is 69.6 Å². The van der Waals surface area contributed by atoms with Gasteiger partial charge in [-0.25, -0.2) is 0 Å². The van der Waals surface area contributed by atoms with Crippen LogP contribution in [0.1, 0.15) is 54.3 Å². The molecule has 1 aromatic rings. The summed E-state index contributed by atoms with van der Waals surface area (Å²) in [5, 5.41) is 12.6. The maximum Gasteiger partial charge on any atom is 0.253 e. The first kappa shape index (κ1) is 17.5. The van der Waals surface area contributed by atoms with Crippen LogP contribution in [-0.4, -0.2) is 47.1 Å². The molecular weight excluding hydrogens is 292 g/mol. The normalized spacial score (nSPS) is 19.5. The Morgan fingerprint density at radius 3 is 2.35 bits per heavy atom. The molecule has 2 N–H and O–H groups in total. The second-order valence-corrected chi connectivity index (χ2v) is 6.60. The standard InChI is InChI=1S/C18H26N2O3/c1-12(2)19-17(22)14-6-8-15(9-7-14)18(23)20-10-4-5-16(11-20)13(3)21/h6-9,12-13,16,21H,4-5,10-11H2,1-3H3,(H,19,22). The molecular formula is C18H26N2O3. The summed E-state index contributed by atoms with van der Waals surface area (Å²) in [6.45, 7) is 6.90. The van der Waals surface area contributed by atoms with Crippen molar-refractivity contribution in [2.75, 3.05) is 13.1 Å². The van der Waals surface area contributed by atoms with Crippen molar-refractivity contribution in [3.8, 4) is 0 Å². The smallest absolute Gasteiger partial charge is 0.253 e. The number of carbonyl (C=O) groups excluding carboxylic acids is 2. The molecule has 1 saturated heterocycles. The first-order valence-corrected chi connectivity index (χ1v) is 8.26. The van der Waals surface area contributed by atoms with Crippen molar-refractivity contribution in [3.63, 3.8) is 0 Å². The monoisotopic (exact) mass is 318 g/mol. The third kappa shape index (κ3) is 4.55. The molecule has 2 atom stereocenters. The largest absolute Gasteiger partial charge is 0.393 e. The Labute approximate surface area is 137 Å². The Morgan fingerprint density at radius 1 is 1.17 bits per heavy atom. The number of likely N-dealkylation sites (tertiary alicyclic amines) is 1. The highest BCUT2D eigenvalue weighted by Crippen LogP contribution is 2.21. The van der Waals surface area contributed by atoms with Gasteiger partial charge in [-0.2, -0.15) is 0 Å². The van der Waals surface area contributed by atoms with Crippen LogP contribution in [0.3, 0.4) is 0 Å². The average molecular weight is 318 g/mol. The summed E-state index contributed by atoms with van der Waals surface area (Å²) in [7, 11) is 0. The van der Waals surface area contributed by atoms with Crippen LogP contribution in [0.25, 0.3) is 0 Å². The molecule has 1 fully saturated rings. The van der Waals surface area contributed by atoms with E-state index in [0.717, 1.165) is 19.4 Å². The second kappa shape index (κ2) is 7.59. The minimum Gasteiger partial charge on any atom is -0.393 e. The predicted molar refractivity (Wildman–Crippen MR) is 89.4 cm³/mol. The van der Waals surface area contributed by atoms with Gasteiger partial charge in [-0.3, -0.25) is 9.59 Å². The molecule has 126 valence electrons. The fourth-order valence-corrected chi connectivity index (χ4v) is 2.88. The summed E-state index contributed by atoms with van der Waals surface area (Å²) in [5.41, 5.74) is 1.13. The first-order valence-electron chi connectivity index (χ1n) is 8.26. The number of nitrogens with one attached hydrogen (secondary N) is 1. The maximum absolute atomic E-state index is 12.6. The number of aliphatic hydroxyl groups excluding tert-OH is 1. The molecule has 5 heteroatoms. The molecule has 23 heavy (non-hydrogen) atoms. The Balaban J connectivity index is 2.04. The minimum absolute atomic E-state index is 0.0360. The van der Waals surface area contributed by atoms with Gasteiger partial charge in [0.05, 0.1) is 6.10 Å². The van der Waals surface area contributed by atoms with E-state index in [1.165, 1.54) is 0 Å². The van der Waals surface area contributed by atoms with Gasteiger partial charge in [0.1, 0.15) is 0 Å². The van der Waals surface area contributed by atoms with E-state index in [-0.39, 0.29) is 23.8 Å². The van der Waals surface area contributed by atoms with Crippen molar-refractivity contribution in [1.29, 1.82) is 0 Å². The van der Waals surface area contributed by atoms with Crippen LogP contribution in [0.5, 0.6) is 0 Å². The predicted octanol–water partition coefficient (Wildman–Crippen LogP) is 2.06. The molecule has 1 aromatic carbocycles. The van der Waals surface area contributed by atoms with Crippen LogP contribution in [0.4, 0.5) is 0 Å². The number of aliphatic hydroxyl groups is 1. The van der Waals surface area contributed by atoms with Gasteiger partial charge >= 0.3 is 0 Å². The van der Waals surface area contributed by atoms with E-state index in [9.17, 15) is 14.7 Å². The van der Waals surface area contributed by atoms with Crippen LogP contribution >= 0.6 is 0 Å². The maximum atomic E-state index is 12.6. The molecule has 2 unspecified atom stereocenters. The third-order valence-electron chi connectivity index (χ3n) is 4.24. The molecule has 2 rings (SSSR count). The number of carbonyl (C=O) groups is 2. The summed E-state index contributed by atoms with van der Waals surface area (Å²) in [6.07, 6.45) is 1.47. The quantitative estimate of drug-likeness (QED) is 0.893. The zero-order valence-corrected chi connectivity index (χ0v) is 14.1. The van der Waals surface area contributed by atoms with E-state index in [0.29, 0.717) is 17.7 Å². The Bertz CT molecular complexity index is 552. The molecule has 1 aliphatic heterocycles. The van der Waals surface area contributed by atoms with Gasteiger partial charge in [-0.05, 0) is 57.9 Å². The van der Waals surface area contributed by atoms with Crippen molar-refractivity contribution in [2.45, 2.75) is 45.8 Å². The lowest BCUT2D eigenvalue weighted by molar-refractivity contribution is 0.0466. The third-order valence-corrected chi connectivity index (χ3v) is 4.24. The molecule has 5 nitrogen and oxygen atoms in total. The first-order chi connectivity index (χ1) is 10.9. The Hall–Kier alpha value is -1.88. The van der Waals surface area contributed by atoms with Crippen LogP contribution < -0.4 is 5.32 Å². The van der Waals surface area contributed by atoms with E-state index < -0.39 is 6.10 Å². The molecule has 0 spiro atoms. The van der Waals surface area contributed by atoms with Gasteiger partial charge < -0.3 is 15.3 Å². The number of benzene rings is 1. The van der Waals surface area contributed by atoms with E-state index in [1.807, 2.05) is 13.8 Å². The van der Waals surface area contributed by atoms with Crippen LogP contribution in [0.2, 0.25) is 0 Å².